The molecule has 1 aromatic heterocycles. The van der Waals surface area contributed by atoms with Gasteiger partial charge in [-0.15, -0.1) is 0 Å². The molecule has 1 heterocycles. The van der Waals surface area contributed by atoms with Gasteiger partial charge in [-0.05, 0) is 24.1 Å². The average Bonchev–Trinajstić information content (AvgIpc) is 2.80. The molecule has 0 saturated heterocycles. The van der Waals surface area contributed by atoms with E-state index in [1.165, 1.54) is 5.56 Å². The Morgan fingerprint density at radius 3 is 2.72 bits per heavy atom. The first-order chi connectivity index (χ1) is 8.83. The van der Waals surface area contributed by atoms with Crippen molar-refractivity contribution in [1.82, 2.24) is 9.55 Å². The van der Waals surface area contributed by atoms with Gasteiger partial charge in [0.25, 0.3) is 0 Å². The summed E-state index contributed by atoms with van der Waals surface area (Å²) in [5.74, 6) is 0.886. The summed E-state index contributed by atoms with van der Waals surface area (Å²) in [6.07, 6.45) is 4.90. The Kier molecular flexibility index (Phi) is 4.36. The lowest BCUT2D eigenvalue weighted by Crippen LogP contribution is -2.02. The van der Waals surface area contributed by atoms with Crippen LogP contribution in [0.15, 0.2) is 36.7 Å². The number of anilines is 2. The zero-order chi connectivity index (χ0) is 12.8. The largest absolute Gasteiger partial charge is 0.380 e. The van der Waals surface area contributed by atoms with Crippen molar-refractivity contribution in [3.8, 4) is 0 Å². The summed E-state index contributed by atoms with van der Waals surface area (Å²) in [5, 5.41) is 3.32. The Morgan fingerprint density at radius 2 is 2.06 bits per heavy atom. The quantitative estimate of drug-likeness (QED) is 0.849. The van der Waals surface area contributed by atoms with E-state index in [2.05, 4.69) is 33.9 Å². The highest BCUT2D eigenvalue weighted by Crippen LogP contribution is 2.16. The van der Waals surface area contributed by atoms with E-state index in [-0.39, 0.29) is 0 Å². The predicted molar refractivity (Wildman–Crippen MR) is 73.0 cm³/mol. The molecule has 0 unspecified atom stereocenters. The normalized spacial score (nSPS) is 10.6. The number of aromatic nitrogens is 2. The van der Waals surface area contributed by atoms with Gasteiger partial charge in [0, 0.05) is 31.7 Å². The smallest absolute Gasteiger partial charge is 0.207 e. The Labute approximate surface area is 108 Å². The van der Waals surface area contributed by atoms with E-state index in [0.29, 0.717) is 6.61 Å². The molecular formula is C14H19N3O. The Hall–Kier alpha value is -1.81. The third-order valence-electron chi connectivity index (χ3n) is 2.70. The van der Waals surface area contributed by atoms with Crippen molar-refractivity contribution in [3.05, 3.63) is 42.2 Å². The zero-order valence-electron chi connectivity index (χ0n) is 10.9. The van der Waals surface area contributed by atoms with Gasteiger partial charge in [0.2, 0.25) is 5.95 Å². The van der Waals surface area contributed by atoms with Gasteiger partial charge in [-0.2, -0.15) is 0 Å². The SMILES string of the molecule is CCCn1ccnc1Nc1ccc(COC)cc1. The summed E-state index contributed by atoms with van der Waals surface area (Å²) in [4.78, 5) is 4.32. The van der Waals surface area contributed by atoms with Gasteiger partial charge in [-0.25, -0.2) is 4.98 Å². The standard InChI is InChI=1S/C14H19N3O/c1-3-9-17-10-8-15-14(17)16-13-6-4-12(5-7-13)11-18-2/h4-8,10H,3,9,11H2,1-2H3,(H,15,16). The van der Waals surface area contributed by atoms with E-state index < -0.39 is 0 Å². The molecule has 0 aliphatic carbocycles. The molecule has 0 bridgehead atoms. The first-order valence-corrected chi connectivity index (χ1v) is 6.19. The first kappa shape index (κ1) is 12.6. The minimum Gasteiger partial charge on any atom is -0.380 e. The van der Waals surface area contributed by atoms with Crippen LogP contribution in [0.4, 0.5) is 11.6 Å². The maximum Gasteiger partial charge on any atom is 0.207 e. The van der Waals surface area contributed by atoms with E-state index in [1.54, 1.807) is 7.11 Å². The average molecular weight is 245 g/mol. The highest BCUT2D eigenvalue weighted by atomic mass is 16.5. The number of hydrogen-bond donors (Lipinski definition) is 1. The monoisotopic (exact) mass is 245 g/mol. The second kappa shape index (κ2) is 6.21. The lowest BCUT2D eigenvalue weighted by molar-refractivity contribution is 0.185. The van der Waals surface area contributed by atoms with Gasteiger partial charge >= 0.3 is 0 Å². The van der Waals surface area contributed by atoms with E-state index in [1.807, 2.05) is 24.5 Å². The van der Waals surface area contributed by atoms with Crippen molar-refractivity contribution >= 4 is 11.6 Å². The van der Waals surface area contributed by atoms with E-state index >= 15 is 0 Å². The van der Waals surface area contributed by atoms with Gasteiger partial charge in [0.1, 0.15) is 0 Å². The third kappa shape index (κ3) is 3.11. The lowest BCUT2D eigenvalue weighted by Gasteiger charge is -2.09. The maximum absolute atomic E-state index is 5.09. The van der Waals surface area contributed by atoms with Crippen molar-refractivity contribution < 1.29 is 4.74 Å². The fourth-order valence-corrected chi connectivity index (χ4v) is 1.83. The molecule has 0 saturated carbocycles. The van der Waals surface area contributed by atoms with Crippen LogP contribution >= 0.6 is 0 Å². The minimum atomic E-state index is 0.644. The van der Waals surface area contributed by atoms with Gasteiger partial charge < -0.3 is 14.6 Å². The molecule has 0 aliphatic rings. The molecular weight excluding hydrogens is 226 g/mol. The van der Waals surface area contributed by atoms with Crippen LogP contribution in [-0.4, -0.2) is 16.7 Å². The van der Waals surface area contributed by atoms with Gasteiger partial charge in [0.05, 0.1) is 6.61 Å². The summed E-state index contributed by atoms with van der Waals surface area (Å²) < 4.78 is 7.20. The number of aryl methyl sites for hydroxylation is 1. The number of benzene rings is 1. The number of hydrogen-bond acceptors (Lipinski definition) is 3. The number of nitrogens with one attached hydrogen (secondary N) is 1. The summed E-state index contributed by atoms with van der Waals surface area (Å²) in [5.41, 5.74) is 2.21. The van der Waals surface area contributed by atoms with Crippen LogP contribution in [0.25, 0.3) is 0 Å². The molecule has 1 aromatic carbocycles. The molecule has 4 nitrogen and oxygen atoms in total. The van der Waals surface area contributed by atoms with E-state index in [9.17, 15) is 0 Å². The Morgan fingerprint density at radius 1 is 1.28 bits per heavy atom. The third-order valence-corrected chi connectivity index (χ3v) is 2.70. The van der Waals surface area contributed by atoms with Gasteiger partial charge in [-0.1, -0.05) is 19.1 Å². The molecule has 0 fully saturated rings. The van der Waals surface area contributed by atoms with Crippen LogP contribution in [0.1, 0.15) is 18.9 Å². The molecule has 0 spiro atoms. The van der Waals surface area contributed by atoms with Crippen LogP contribution in [0.5, 0.6) is 0 Å². The highest BCUT2D eigenvalue weighted by Gasteiger charge is 2.02. The number of imidazole rings is 1. The molecule has 0 amide bonds. The van der Waals surface area contributed by atoms with Crippen molar-refractivity contribution in [3.63, 3.8) is 0 Å². The fourth-order valence-electron chi connectivity index (χ4n) is 1.83. The van der Waals surface area contributed by atoms with Crippen LogP contribution in [0.2, 0.25) is 0 Å². The van der Waals surface area contributed by atoms with Crippen LogP contribution in [0.3, 0.4) is 0 Å². The lowest BCUT2D eigenvalue weighted by atomic mass is 10.2. The molecule has 0 radical (unpaired) electrons. The minimum absolute atomic E-state index is 0.644. The highest BCUT2D eigenvalue weighted by molar-refractivity contribution is 5.53. The summed E-state index contributed by atoms with van der Waals surface area (Å²) in [6.45, 7) is 3.78. The number of rotatable bonds is 6. The molecule has 1 N–H and O–H groups in total. The topological polar surface area (TPSA) is 39.1 Å². The second-order valence-corrected chi connectivity index (χ2v) is 4.20. The van der Waals surface area contributed by atoms with E-state index in [0.717, 1.165) is 24.6 Å². The molecule has 2 rings (SSSR count). The molecule has 18 heavy (non-hydrogen) atoms. The van der Waals surface area contributed by atoms with Crippen LogP contribution < -0.4 is 5.32 Å². The van der Waals surface area contributed by atoms with Crippen LogP contribution in [0, 0.1) is 0 Å². The summed E-state index contributed by atoms with van der Waals surface area (Å²) in [7, 11) is 1.70. The molecule has 0 atom stereocenters. The maximum atomic E-state index is 5.09. The molecule has 4 heteroatoms. The molecule has 96 valence electrons. The van der Waals surface area contributed by atoms with Crippen molar-refractivity contribution in [2.75, 3.05) is 12.4 Å². The Balaban J connectivity index is 2.06. The summed E-state index contributed by atoms with van der Waals surface area (Å²) >= 11 is 0. The Bertz CT molecular complexity index is 476. The van der Waals surface area contributed by atoms with Gasteiger partial charge in [0.15, 0.2) is 0 Å². The van der Waals surface area contributed by atoms with Crippen molar-refractivity contribution in [2.24, 2.45) is 0 Å². The predicted octanol–water partition coefficient (Wildman–Crippen LogP) is 3.18. The molecule has 2 aromatic rings. The summed E-state index contributed by atoms with van der Waals surface area (Å²) in [6, 6.07) is 8.19. The fraction of sp³-hybridized carbons (Fsp3) is 0.357. The second-order valence-electron chi connectivity index (χ2n) is 4.20. The first-order valence-electron chi connectivity index (χ1n) is 6.19. The number of nitrogens with zero attached hydrogens (tertiary/aromatic N) is 2. The number of ether oxygens (including phenoxy) is 1. The van der Waals surface area contributed by atoms with Gasteiger partial charge in [-0.3, -0.25) is 0 Å². The van der Waals surface area contributed by atoms with Crippen LogP contribution in [-0.2, 0) is 17.9 Å². The van der Waals surface area contributed by atoms with E-state index in [4.69, 9.17) is 4.74 Å². The molecule has 0 aliphatic heterocycles. The zero-order valence-corrected chi connectivity index (χ0v) is 10.9. The number of methoxy groups -OCH3 is 1. The van der Waals surface area contributed by atoms with Crippen molar-refractivity contribution in [2.45, 2.75) is 26.5 Å². The van der Waals surface area contributed by atoms with Crippen molar-refractivity contribution in [1.29, 1.82) is 0 Å².